The van der Waals surface area contributed by atoms with E-state index < -0.39 is 6.04 Å². The minimum Gasteiger partial charge on any atom is -0.340 e. The van der Waals surface area contributed by atoms with Crippen molar-refractivity contribution in [3.05, 3.63) is 44.8 Å². The van der Waals surface area contributed by atoms with Gasteiger partial charge in [0.05, 0.1) is 4.88 Å². The Bertz CT molecular complexity index is 606. The summed E-state index contributed by atoms with van der Waals surface area (Å²) in [7, 11) is 1.77. The van der Waals surface area contributed by atoms with E-state index >= 15 is 0 Å². The second-order valence-corrected chi connectivity index (χ2v) is 7.23. The zero-order valence-electron chi connectivity index (χ0n) is 12.9. The highest BCUT2D eigenvalue weighted by Crippen LogP contribution is 2.14. The third-order valence-electron chi connectivity index (χ3n) is 3.34. The molecule has 0 unspecified atom stereocenters. The fraction of sp³-hybridized carbons (Fsp3) is 0.375. The second kappa shape index (κ2) is 7.56. The number of carbonyl (C=O) groups is 2. The molecule has 0 aliphatic carbocycles. The van der Waals surface area contributed by atoms with Crippen molar-refractivity contribution in [1.82, 2.24) is 10.2 Å². The molecular weight excluding hydrogens is 316 g/mol. The van der Waals surface area contributed by atoms with Gasteiger partial charge >= 0.3 is 0 Å². The summed E-state index contributed by atoms with van der Waals surface area (Å²) in [6, 6.07) is 5.08. The minimum absolute atomic E-state index is 0.0290. The molecule has 0 fully saturated rings. The van der Waals surface area contributed by atoms with Gasteiger partial charge in [-0.3, -0.25) is 9.59 Å². The van der Waals surface area contributed by atoms with Crippen LogP contribution in [0.5, 0.6) is 0 Å². The molecule has 2 aromatic rings. The van der Waals surface area contributed by atoms with Gasteiger partial charge in [0.1, 0.15) is 6.04 Å². The summed E-state index contributed by atoms with van der Waals surface area (Å²) in [5, 5.41) is 8.73. The van der Waals surface area contributed by atoms with Crippen LogP contribution < -0.4 is 5.32 Å². The van der Waals surface area contributed by atoms with Crippen molar-refractivity contribution in [1.29, 1.82) is 0 Å². The lowest BCUT2D eigenvalue weighted by Crippen LogP contribution is -2.49. The van der Waals surface area contributed by atoms with E-state index in [1.165, 1.54) is 11.3 Å². The zero-order chi connectivity index (χ0) is 16.1. The molecule has 2 heterocycles. The fourth-order valence-corrected chi connectivity index (χ4v) is 3.39. The predicted molar refractivity (Wildman–Crippen MR) is 91.2 cm³/mol. The highest BCUT2D eigenvalue weighted by atomic mass is 32.1. The van der Waals surface area contributed by atoms with E-state index in [0.29, 0.717) is 11.4 Å². The summed E-state index contributed by atoms with van der Waals surface area (Å²) < 4.78 is 0. The van der Waals surface area contributed by atoms with E-state index in [4.69, 9.17) is 0 Å². The molecule has 1 atom stereocenters. The maximum Gasteiger partial charge on any atom is 0.262 e. The van der Waals surface area contributed by atoms with Crippen molar-refractivity contribution in [2.24, 2.45) is 5.92 Å². The summed E-state index contributed by atoms with van der Waals surface area (Å²) in [6.45, 7) is 4.44. The van der Waals surface area contributed by atoms with Gasteiger partial charge in [-0.1, -0.05) is 19.9 Å². The number of hydrogen-bond acceptors (Lipinski definition) is 4. The Morgan fingerprint density at radius 3 is 2.59 bits per heavy atom. The van der Waals surface area contributed by atoms with Gasteiger partial charge in [-0.15, -0.1) is 11.3 Å². The molecule has 2 rings (SSSR count). The van der Waals surface area contributed by atoms with E-state index in [-0.39, 0.29) is 17.7 Å². The van der Waals surface area contributed by atoms with Gasteiger partial charge in [0.25, 0.3) is 5.91 Å². The third-order valence-corrected chi connectivity index (χ3v) is 4.94. The average molecular weight is 336 g/mol. The van der Waals surface area contributed by atoms with Crippen LogP contribution in [0.1, 0.15) is 29.1 Å². The van der Waals surface area contributed by atoms with E-state index in [1.54, 1.807) is 29.4 Å². The standard InChI is InChI=1S/C16H20N2O2S2/c1-11(2)14(17-15(19)13-5-4-7-22-13)16(20)18(3)9-12-6-8-21-10-12/h4-8,10-11,14H,9H2,1-3H3,(H,17,19)/t14-/m0/s1. The van der Waals surface area contributed by atoms with Gasteiger partial charge in [0.2, 0.25) is 5.91 Å². The van der Waals surface area contributed by atoms with Crippen LogP contribution in [0, 0.1) is 5.92 Å². The molecular formula is C16H20N2O2S2. The first kappa shape index (κ1) is 16.7. The first-order chi connectivity index (χ1) is 10.5. The van der Waals surface area contributed by atoms with Crippen molar-refractivity contribution in [2.75, 3.05) is 7.05 Å². The van der Waals surface area contributed by atoms with Crippen molar-refractivity contribution >= 4 is 34.5 Å². The molecule has 22 heavy (non-hydrogen) atoms. The summed E-state index contributed by atoms with van der Waals surface area (Å²) in [6.07, 6.45) is 0. The smallest absolute Gasteiger partial charge is 0.262 e. The van der Waals surface area contributed by atoms with Gasteiger partial charge in [-0.25, -0.2) is 0 Å². The number of rotatable bonds is 6. The lowest BCUT2D eigenvalue weighted by molar-refractivity contribution is -0.133. The van der Waals surface area contributed by atoms with Crippen LogP contribution in [0.4, 0.5) is 0 Å². The topological polar surface area (TPSA) is 49.4 Å². The minimum atomic E-state index is -0.516. The van der Waals surface area contributed by atoms with Crippen LogP contribution in [-0.2, 0) is 11.3 Å². The second-order valence-electron chi connectivity index (χ2n) is 5.50. The van der Waals surface area contributed by atoms with Crippen LogP contribution >= 0.6 is 22.7 Å². The van der Waals surface area contributed by atoms with Gasteiger partial charge in [-0.2, -0.15) is 11.3 Å². The van der Waals surface area contributed by atoms with E-state index in [2.05, 4.69) is 5.32 Å². The SMILES string of the molecule is CC(C)[C@H](NC(=O)c1cccs1)C(=O)N(C)Cc1ccsc1. The summed E-state index contributed by atoms with van der Waals surface area (Å²) in [5.74, 6) is -0.224. The van der Waals surface area contributed by atoms with Crippen LogP contribution in [0.3, 0.4) is 0 Å². The van der Waals surface area contributed by atoms with Gasteiger partial charge in [0, 0.05) is 13.6 Å². The molecule has 2 amide bonds. The molecule has 2 aromatic heterocycles. The molecule has 0 saturated heterocycles. The Kier molecular flexibility index (Phi) is 5.74. The Morgan fingerprint density at radius 1 is 1.27 bits per heavy atom. The van der Waals surface area contributed by atoms with E-state index in [0.717, 1.165) is 5.56 Å². The number of hydrogen-bond donors (Lipinski definition) is 1. The monoisotopic (exact) mass is 336 g/mol. The van der Waals surface area contributed by atoms with E-state index in [1.807, 2.05) is 42.1 Å². The molecule has 118 valence electrons. The number of amides is 2. The third kappa shape index (κ3) is 4.18. The summed E-state index contributed by atoms with van der Waals surface area (Å²) in [4.78, 5) is 27.1. The van der Waals surface area contributed by atoms with Crippen molar-refractivity contribution in [3.63, 3.8) is 0 Å². The van der Waals surface area contributed by atoms with Crippen molar-refractivity contribution in [2.45, 2.75) is 26.4 Å². The van der Waals surface area contributed by atoms with Gasteiger partial charge < -0.3 is 10.2 Å². The highest BCUT2D eigenvalue weighted by Gasteiger charge is 2.27. The van der Waals surface area contributed by atoms with Crippen LogP contribution in [0.25, 0.3) is 0 Å². The Labute approximate surface area is 138 Å². The quantitative estimate of drug-likeness (QED) is 0.880. The fourth-order valence-electron chi connectivity index (χ4n) is 2.11. The lowest BCUT2D eigenvalue weighted by atomic mass is 10.0. The Balaban J connectivity index is 2.03. The molecule has 1 N–H and O–H groups in total. The first-order valence-corrected chi connectivity index (χ1v) is 8.91. The molecule has 0 aliphatic heterocycles. The molecule has 0 bridgehead atoms. The van der Waals surface area contributed by atoms with E-state index in [9.17, 15) is 9.59 Å². The first-order valence-electron chi connectivity index (χ1n) is 7.09. The maximum atomic E-state index is 12.6. The Hall–Kier alpha value is -1.66. The molecule has 4 nitrogen and oxygen atoms in total. The molecule has 0 spiro atoms. The highest BCUT2D eigenvalue weighted by molar-refractivity contribution is 7.12. The van der Waals surface area contributed by atoms with Gasteiger partial charge in [-0.05, 0) is 39.8 Å². The maximum absolute atomic E-state index is 12.6. The normalized spacial score (nSPS) is 12.2. The van der Waals surface area contributed by atoms with Crippen LogP contribution in [0.2, 0.25) is 0 Å². The molecule has 0 radical (unpaired) electrons. The molecule has 6 heteroatoms. The number of likely N-dealkylation sites (N-methyl/N-ethyl adjacent to an activating group) is 1. The molecule has 0 aliphatic rings. The van der Waals surface area contributed by atoms with Gasteiger partial charge in [0.15, 0.2) is 0 Å². The average Bonchev–Trinajstić information content (AvgIpc) is 3.16. The molecule has 0 saturated carbocycles. The summed E-state index contributed by atoms with van der Waals surface area (Å²) >= 11 is 2.98. The van der Waals surface area contributed by atoms with Crippen molar-refractivity contribution < 1.29 is 9.59 Å². The van der Waals surface area contributed by atoms with Crippen LogP contribution in [0.15, 0.2) is 34.3 Å². The number of nitrogens with zero attached hydrogens (tertiary/aromatic N) is 1. The molecule has 0 aromatic carbocycles. The lowest BCUT2D eigenvalue weighted by Gasteiger charge is -2.26. The van der Waals surface area contributed by atoms with Crippen molar-refractivity contribution in [3.8, 4) is 0 Å². The summed E-state index contributed by atoms with van der Waals surface area (Å²) in [5.41, 5.74) is 1.10. The van der Waals surface area contributed by atoms with Crippen LogP contribution in [-0.4, -0.2) is 29.8 Å². The number of carbonyl (C=O) groups excluding carboxylic acids is 2. The number of thiophene rings is 2. The zero-order valence-corrected chi connectivity index (χ0v) is 14.5. The predicted octanol–water partition coefficient (Wildman–Crippen LogP) is 3.22. The Morgan fingerprint density at radius 2 is 2.05 bits per heavy atom. The largest absolute Gasteiger partial charge is 0.340 e. The number of nitrogens with one attached hydrogen (secondary N) is 1.